The van der Waals surface area contributed by atoms with Crippen LogP contribution in [0.2, 0.25) is 0 Å². The molecule has 1 heterocycles. The molecule has 0 unspecified atom stereocenters. The molecule has 0 bridgehead atoms. The Bertz CT molecular complexity index is 745. The van der Waals surface area contributed by atoms with E-state index in [4.69, 9.17) is 14.8 Å². The molecule has 0 saturated carbocycles. The third kappa shape index (κ3) is 20.2. The highest BCUT2D eigenvalue weighted by atomic mass is 32.2. The Morgan fingerprint density at radius 1 is 0.957 bits per heavy atom. The lowest BCUT2D eigenvalue weighted by atomic mass is 10.2. The number of nitrogen functional groups attached to an aromatic ring is 1. The first-order chi connectivity index (χ1) is 9.36. The van der Waals surface area contributed by atoms with Crippen LogP contribution in [0.5, 0.6) is 0 Å². The van der Waals surface area contributed by atoms with Crippen molar-refractivity contribution in [3.05, 3.63) is 36.5 Å². The largest absolute Gasteiger partial charge is 0.412 e. The van der Waals surface area contributed by atoms with E-state index in [0.29, 0.717) is 12.5 Å². The van der Waals surface area contributed by atoms with Crippen LogP contribution in [0.1, 0.15) is 0 Å². The van der Waals surface area contributed by atoms with Crippen molar-refractivity contribution in [2.24, 2.45) is 0 Å². The van der Waals surface area contributed by atoms with Crippen LogP contribution in [-0.4, -0.2) is 54.4 Å². The maximum Gasteiger partial charge on any atom is 0.261 e. The third-order valence-corrected chi connectivity index (χ3v) is 1.63. The Hall–Kier alpha value is -1.83. The van der Waals surface area contributed by atoms with Gasteiger partial charge in [-0.3, -0.25) is 14.1 Å². The van der Waals surface area contributed by atoms with Crippen molar-refractivity contribution in [2.75, 3.05) is 18.2 Å². The van der Waals surface area contributed by atoms with Gasteiger partial charge in [-0.1, -0.05) is 6.07 Å². The maximum absolute atomic E-state index is 9.19. The zero-order chi connectivity index (χ0) is 16.7. The molecular formula is C11H20N2O8S2. The summed E-state index contributed by atoms with van der Waals surface area (Å²) >= 11 is 0. The Balaban J connectivity index is -0.000000289. The van der Waals surface area contributed by atoms with Crippen molar-refractivity contribution in [1.82, 2.24) is 4.98 Å². The van der Waals surface area contributed by atoms with Gasteiger partial charge in [-0.2, -0.15) is 16.8 Å². The van der Waals surface area contributed by atoms with Crippen LogP contribution >= 0.6 is 0 Å². The van der Waals surface area contributed by atoms with E-state index in [1.807, 2.05) is 30.3 Å². The molecule has 1 aromatic heterocycles. The highest BCUT2D eigenvalue weighted by molar-refractivity contribution is 7.85. The molecule has 0 aliphatic carbocycles. The highest BCUT2D eigenvalue weighted by Gasteiger charge is 1.91. The Labute approximate surface area is 134 Å². The van der Waals surface area contributed by atoms with E-state index in [1.165, 1.54) is 0 Å². The summed E-state index contributed by atoms with van der Waals surface area (Å²) in [5, 5.41) is 1.09. The van der Waals surface area contributed by atoms with Crippen molar-refractivity contribution < 1.29 is 36.9 Å². The first-order valence-corrected chi connectivity index (χ1v) is 9.01. The molecule has 10 nitrogen and oxygen atoms in total. The van der Waals surface area contributed by atoms with Crippen LogP contribution in [0.15, 0.2) is 36.5 Å². The molecule has 12 heteroatoms. The second-order valence-electron chi connectivity index (χ2n) is 3.92. The second-order valence-corrected chi connectivity index (χ2v) is 6.85. The van der Waals surface area contributed by atoms with Crippen molar-refractivity contribution >= 4 is 36.8 Å². The van der Waals surface area contributed by atoms with E-state index in [-0.39, 0.29) is 11.0 Å². The summed E-state index contributed by atoms with van der Waals surface area (Å²) in [6.07, 6.45) is 3.21. The van der Waals surface area contributed by atoms with Gasteiger partial charge in [0.2, 0.25) is 0 Å². The van der Waals surface area contributed by atoms with Gasteiger partial charge in [0.1, 0.15) is 0 Å². The molecule has 1 aromatic carbocycles. The minimum Gasteiger partial charge on any atom is -0.412 e. The summed E-state index contributed by atoms with van der Waals surface area (Å²) in [4.78, 5) is 4.17. The molecule has 8 N–H and O–H groups in total. The molecule has 134 valence electrons. The van der Waals surface area contributed by atoms with Gasteiger partial charge in [0.15, 0.2) is 0 Å². The SMILES string of the molecule is CS(=O)(=O)O.CS(=O)(=O)O.Nc1ccc2ncccc2c1.O.O. The zero-order valence-electron chi connectivity index (χ0n) is 12.3. The zero-order valence-corrected chi connectivity index (χ0v) is 14.0. The molecular weight excluding hydrogens is 352 g/mol. The van der Waals surface area contributed by atoms with Crippen LogP contribution in [0, 0.1) is 0 Å². The minimum absolute atomic E-state index is 0. The quantitative estimate of drug-likeness (QED) is 0.391. The van der Waals surface area contributed by atoms with Crippen LogP contribution in [0.4, 0.5) is 5.69 Å². The summed E-state index contributed by atoms with van der Waals surface area (Å²) in [6.45, 7) is 0. The predicted molar refractivity (Wildman–Crippen MR) is 88.3 cm³/mol. The number of rotatable bonds is 0. The summed E-state index contributed by atoms with van der Waals surface area (Å²) in [6, 6.07) is 9.60. The summed E-state index contributed by atoms with van der Waals surface area (Å²) in [7, 11) is -7.33. The Morgan fingerprint density at radius 3 is 1.83 bits per heavy atom. The lowest BCUT2D eigenvalue weighted by Crippen LogP contribution is -1.88. The van der Waals surface area contributed by atoms with Gasteiger partial charge in [0.05, 0.1) is 18.0 Å². The first kappa shape index (κ1) is 26.1. The number of nitrogens with two attached hydrogens (primary N) is 1. The van der Waals surface area contributed by atoms with Crippen LogP contribution < -0.4 is 5.73 Å². The number of anilines is 1. The normalized spacial score (nSPS) is 9.91. The average Bonchev–Trinajstić information content (AvgIpc) is 2.24. The van der Waals surface area contributed by atoms with Gasteiger partial charge in [-0.15, -0.1) is 0 Å². The molecule has 0 fully saturated rings. The third-order valence-electron chi connectivity index (χ3n) is 1.63. The van der Waals surface area contributed by atoms with E-state index >= 15 is 0 Å². The molecule has 0 radical (unpaired) electrons. The van der Waals surface area contributed by atoms with E-state index in [1.54, 1.807) is 6.20 Å². The lowest BCUT2D eigenvalue weighted by molar-refractivity contribution is 0.488. The summed E-state index contributed by atoms with van der Waals surface area (Å²) in [5.41, 5.74) is 7.37. The molecule has 0 aliphatic rings. The monoisotopic (exact) mass is 372 g/mol. The summed E-state index contributed by atoms with van der Waals surface area (Å²) in [5.74, 6) is 0. The molecule has 0 spiro atoms. The van der Waals surface area contributed by atoms with Gasteiger partial charge < -0.3 is 16.7 Å². The van der Waals surface area contributed by atoms with Crippen molar-refractivity contribution in [3.63, 3.8) is 0 Å². The Morgan fingerprint density at radius 2 is 1.39 bits per heavy atom. The number of fused-ring (bicyclic) bond motifs is 1. The molecule has 0 atom stereocenters. The highest BCUT2D eigenvalue weighted by Crippen LogP contribution is 2.13. The summed E-state index contributed by atoms with van der Waals surface area (Å²) < 4.78 is 51.7. The van der Waals surface area contributed by atoms with Gasteiger partial charge in [0.25, 0.3) is 20.2 Å². The molecule has 23 heavy (non-hydrogen) atoms. The predicted octanol–water partition coefficient (Wildman–Crippen LogP) is -0.824. The fraction of sp³-hybridized carbons (Fsp3) is 0.182. The standard InChI is InChI=1S/C9H8N2.2CH4O3S.2H2O/c10-8-3-4-9-7(6-8)2-1-5-11-9;2*1-5(2,3)4;;/h1-6H,10H2;2*1H3,(H,2,3,4);2*1H2. The molecule has 0 saturated heterocycles. The average molecular weight is 372 g/mol. The van der Waals surface area contributed by atoms with Gasteiger partial charge in [-0.25, -0.2) is 0 Å². The Kier molecular flexibility index (Phi) is 12.3. The smallest absolute Gasteiger partial charge is 0.261 e. The maximum atomic E-state index is 9.19. The van der Waals surface area contributed by atoms with E-state index in [0.717, 1.165) is 16.6 Å². The van der Waals surface area contributed by atoms with Gasteiger partial charge in [0, 0.05) is 17.3 Å². The van der Waals surface area contributed by atoms with Crippen LogP contribution in [-0.2, 0) is 20.2 Å². The van der Waals surface area contributed by atoms with Crippen LogP contribution in [0.3, 0.4) is 0 Å². The topological polar surface area (TPSA) is 211 Å². The minimum atomic E-state index is -3.67. The van der Waals surface area contributed by atoms with E-state index in [9.17, 15) is 16.8 Å². The van der Waals surface area contributed by atoms with Gasteiger partial charge >= 0.3 is 0 Å². The number of pyridine rings is 1. The van der Waals surface area contributed by atoms with Crippen molar-refractivity contribution in [3.8, 4) is 0 Å². The molecule has 2 rings (SSSR count). The van der Waals surface area contributed by atoms with Crippen molar-refractivity contribution in [2.45, 2.75) is 0 Å². The van der Waals surface area contributed by atoms with E-state index < -0.39 is 20.2 Å². The molecule has 0 amide bonds. The number of hydrogen-bond donors (Lipinski definition) is 3. The van der Waals surface area contributed by atoms with Crippen molar-refractivity contribution in [1.29, 1.82) is 0 Å². The molecule has 2 aromatic rings. The lowest BCUT2D eigenvalue weighted by Gasteiger charge is -1.96. The van der Waals surface area contributed by atoms with Crippen LogP contribution in [0.25, 0.3) is 10.9 Å². The first-order valence-electron chi connectivity index (χ1n) is 5.31. The number of nitrogens with zero attached hydrogens (tertiary/aromatic N) is 1. The number of aromatic nitrogens is 1. The molecule has 0 aliphatic heterocycles. The number of hydrogen-bond acceptors (Lipinski definition) is 6. The van der Waals surface area contributed by atoms with Gasteiger partial charge in [-0.05, 0) is 24.3 Å². The number of benzene rings is 1. The fourth-order valence-corrected chi connectivity index (χ4v) is 1.09. The fourth-order valence-electron chi connectivity index (χ4n) is 1.09. The second kappa shape index (κ2) is 10.8. The van der Waals surface area contributed by atoms with E-state index in [2.05, 4.69) is 4.98 Å².